The number of hydrogen-bond donors (Lipinski definition) is 1. The van der Waals surface area contributed by atoms with E-state index in [1.54, 1.807) is 12.1 Å². The predicted octanol–water partition coefficient (Wildman–Crippen LogP) is 2.61. The van der Waals surface area contributed by atoms with Crippen molar-refractivity contribution in [1.29, 1.82) is 0 Å². The molecule has 1 aromatic carbocycles. The third kappa shape index (κ3) is 1.52. The molecule has 3 heteroatoms. The summed E-state index contributed by atoms with van der Waals surface area (Å²) in [5, 5.41) is 9.83. The molecule has 0 spiro atoms. The number of benzene rings is 1. The lowest BCUT2D eigenvalue weighted by Crippen LogP contribution is -2.49. The predicted molar refractivity (Wildman–Crippen MR) is 49.3 cm³/mol. The van der Waals surface area contributed by atoms with E-state index < -0.39 is 24.4 Å². The summed E-state index contributed by atoms with van der Waals surface area (Å²) in [6, 6.07) is 7.07. The molecule has 1 fully saturated rings. The van der Waals surface area contributed by atoms with Gasteiger partial charge in [-0.05, 0) is 12.5 Å². The van der Waals surface area contributed by atoms with Gasteiger partial charge in [0, 0.05) is 12.8 Å². The first kappa shape index (κ1) is 9.59. The van der Waals surface area contributed by atoms with Crippen molar-refractivity contribution in [2.45, 2.75) is 31.3 Å². The molecular weight excluding hydrogens is 186 g/mol. The fraction of sp³-hybridized carbons (Fsp3) is 0.455. The molecule has 0 aromatic heterocycles. The van der Waals surface area contributed by atoms with E-state index in [9.17, 15) is 13.9 Å². The Balaban J connectivity index is 2.21. The van der Waals surface area contributed by atoms with Crippen LogP contribution in [0.3, 0.4) is 0 Å². The summed E-state index contributed by atoms with van der Waals surface area (Å²) < 4.78 is 25.3. The van der Waals surface area contributed by atoms with E-state index in [0.717, 1.165) is 5.56 Å². The zero-order chi connectivity index (χ0) is 10.4. The number of alkyl halides is 2. The van der Waals surface area contributed by atoms with Crippen molar-refractivity contribution < 1.29 is 13.9 Å². The van der Waals surface area contributed by atoms with E-state index in [1.165, 1.54) is 0 Å². The van der Waals surface area contributed by atoms with Crippen LogP contribution in [0.1, 0.15) is 24.0 Å². The van der Waals surface area contributed by atoms with Crippen molar-refractivity contribution in [1.82, 2.24) is 0 Å². The Bertz CT molecular complexity index is 335. The number of aliphatic hydroxyl groups is 1. The fourth-order valence-corrected chi connectivity index (χ4v) is 1.87. The van der Waals surface area contributed by atoms with Crippen LogP contribution in [0, 0.1) is 6.92 Å². The first-order valence-corrected chi connectivity index (χ1v) is 4.59. The largest absolute Gasteiger partial charge is 0.385 e. The van der Waals surface area contributed by atoms with Crippen LogP contribution in [0.15, 0.2) is 24.3 Å². The average molecular weight is 198 g/mol. The molecule has 76 valence electrons. The lowest BCUT2D eigenvalue weighted by molar-refractivity contribution is -0.210. The topological polar surface area (TPSA) is 20.2 Å². The van der Waals surface area contributed by atoms with Gasteiger partial charge < -0.3 is 5.11 Å². The Morgan fingerprint density at radius 3 is 2.07 bits per heavy atom. The molecule has 0 amide bonds. The second kappa shape index (κ2) is 2.76. The van der Waals surface area contributed by atoms with E-state index in [-0.39, 0.29) is 0 Å². The number of hydrogen-bond acceptors (Lipinski definition) is 1. The first-order chi connectivity index (χ1) is 6.41. The van der Waals surface area contributed by atoms with Crippen LogP contribution in [0.25, 0.3) is 0 Å². The molecule has 0 heterocycles. The number of halogens is 2. The molecule has 0 radical (unpaired) electrons. The highest BCUT2D eigenvalue weighted by molar-refractivity contribution is 5.29. The second-order valence-corrected chi connectivity index (χ2v) is 4.11. The van der Waals surface area contributed by atoms with Gasteiger partial charge in [-0.1, -0.05) is 29.8 Å². The summed E-state index contributed by atoms with van der Waals surface area (Å²) in [6.07, 6.45) is -0.911. The Kier molecular flexibility index (Phi) is 1.89. The SMILES string of the molecule is Cc1ccc(C2(O)CC(F)(F)C2)cc1. The van der Waals surface area contributed by atoms with Crippen molar-refractivity contribution in [2.24, 2.45) is 0 Å². The minimum atomic E-state index is -2.69. The van der Waals surface area contributed by atoms with Gasteiger partial charge >= 0.3 is 0 Å². The van der Waals surface area contributed by atoms with Gasteiger partial charge in [0.05, 0.1) is 0 Å². The molecule has 0 atom stereocenters. The molecule has 0 saturated heterocycles. The van der Waals surface area contributed by atoms with Crippen LogP contribution in [0.5, 0.6) is 0 Å². The molecule has 2 rings (SSSR count). The molecule has 1 nitrogen and oxygen atoms in total. The molecule has 1 N–H and O–H groups in total. The van der Waals surface area contributed by atoms with Crippen LogP contribution in [-0.2, 0) is 5.60 Å². The van der Waals surface area contributed by atoms with E-state index >= 15 is 0 Å². The number of aryl methyl sites for hydroxylation is 1. The lowest BCUT2D eigenvalue weighted by atomic mass is 9.72. The molecule has 1 aromatic rings. The van der Waals surface area contributed by atoms with E-state index in [4.69, 9.17) is 0 Å². The normalized spacial score (nSPS) is 22.9. The molecule has 1 aliphatic carbocycles. The molecule has 14 heavy (non-hydrogen) atoms. The Morgan fingerprint density at radius 1 is 1.14 bits per heavy atom. The standard InChI is InChI=1S/C11H12F2O/c1-8-2-4-9(5-3-8)10(14)6-11(12,13)7-10/h2-5,14H,6-7H2,1H3. The maximum atomic E-state index is 12.6. The second-order valence-electron chi connectivity index (χ2n) is 4.11. The maximum Gasteiger partial charge on any atom is 0.254 e. The lowest BCUT2D eigenvalue weighted by Gasteiger charge is -2.43. The minimum Gasteiger partial charge on any atom is -0.385 e. The van der Waals surface area contributed by atoms with Crippen molar-refractivity contribution in [3.05, 3.63) is 35.4 Å². The van der Waals surface area contributed by atoms with Gasteiger partial charge in [0.2, 0.25) is 0 Å². The molecule has 0 aliphatic heterocycles. The van der Waals surface area contributed by atoms with Crippen LogP contribution >= 0.6 is 0 Å². The van der Waals surface area contributed by atoms with E-state index in [0.29, 0.717) is 5.56 Å². The van der Waals surface area contributed by atoms with E-state index in [1.807, 2.05) is 19.1 Å². The summed E-state index contributed by atoms with van der Waals surface area (Å²) in [7, 11) is 0. The molecule has 0 bridgehead atoms. The summed E-state index contributed by atoms with van der Waals surface area (Å²) in [6.45, 7) is 1.92. The third-order valence-electron chi connectivity index (χ3n) is 2.69. The quantitative estimate of drug-likeness (QED) is 0.735. The highest BCUT2D eigenvalue weighted by Crippen LogP contribution is 2.51. The van der Waals surface area contributed by atoms with Crippen molar-refractivity contribution >= 4 is 0 Å². The zero-order valence-corrected chi connectivity index (χ0v) is 7.93. The van der Waals surface area contributed by atoms with Crippen LogP contribution in [0.2, 0.25) is 0 Å². The Morgan fingerprint density at radius 2 is 1.64 bits per heavy atom. The summed E-state index contributed by atoms with van der Waals surface area (Å²) >= 11 is 0. The third-order valence-corrected chi connectivity index (χ3v) is 2.69. The molecular formula is C11H12F2O. The van der Waals surface area contributed by atoms with Gasteiger partial charge in [0.25, 0.3) is 5.92 Å². The summed E-state index contributed by atoms with van der Waals surface area (Å²) in [4.78, 5) is 0. The van der Waals surface area contributed by atoms with Crippen LogP contribution < -0.4 is 0 Å². The van der Waals surface area contributed by atoms with Gasteiger partial charge in [-0.2, -0.15) is 0 Å². The summed E-state index contributed by atoms with van der Waals surface area (Å²) in [5.41, 5.74) is 0.342. The van der Waals surface area contributed by atoms with Crippen molar-refractivity contribution in [2.75, 3.05) is 0 Å². The number of rotatable bonds is 1. The van der Waals surface area contributed by atoms with Crippen LogP contribution in [-0.4, -0.2) is 11.0 Å². The van der Waals surface area contributed by atoms with Gasteiger partial charge in [0.15, 0.2) is 0 Å². The van der Waals surface area contributed by atoms with Crippen LogP contribution in [0.4, 0.5) is 8.78 Å². The van der Waals surface area contributed by atoms with Gasteiger partial charge in [-0.15, -0.1) is 0 Å². The fourth-order valence-electron chi connectivity index (χ4n) is 1.87. The average Bonchev–Trinajstić information content (AvgIpc) is 2.01. The molecule has 1 saturated carbocycles. The van der Waals surface area contributed by atoms with Gasteiger partial charge in [-0.3, -0.25) is 0 Å². The van der Waals surface area contributed by atoms with Gasteiger partial charge in [0.1, 0.15) is 5.60 Å². The van der Waals surface area contributed by atoms with Crippen molar-refractivity contribution in [3.8, 4) is 0 Å². The van der Waals surface area contributed by atoms with E-state index in [2.05, 4.69) is 0 Å². The maximum absolute atomic E-state index is 12.6. The Labute approximate surface area is 81.4 Å². The minimum absolute atomic E-state index is 0.455. The molecule has 1 aliphatic rings. The van der Waals surface area contributed by atoms with Gasteiger partial charge in [-0.25, -0.2) is 8.78 Å². The van der Waals surface area contributed by atoms with Crippen molar-refractivity contribution in [3.63, 3.8) is 0 Å². The smallest absolute Gasteiger partial charge is 0.254 e. The first-order valence-electron chi connectivity index (χ1n) is 4.59. The monoisotopic (exact) mass is 198 g/mol. The summed E-state index contributed by atoms with van der Waals surface area (Å²) in [5.74, 6) is -2.69. The Hall–Kier alpha value is -0.960. The zero-order valence-electron chi connectivity index (χ0n) is 7.93. The highest BCUT2D eigenvalue weighted by Gasteiger charge is 2.56. The highest BCUT2D eigenvalue weighted by atomic mass is 19.3. The molecule has 0 unspecified atom stereocenters.